The Kier molecular flexibility index (Phi) is 8.11. The van der Waals surface area contributed by atoms with Crippen molar-refractivity contribution in [1.29, 1.82) is 0 Å². The molecule has 0 spiro atoms. The second-order valence-corrected chi connectivity index (χ2v) is 9.13. The lowest BCUT2D eigenvalue weighted by molar-refractivity contribution is -0.134. The molecule has 1 aliphatic rings. The maximum absolute atomic E-state index is 11.3. The maximum Gasteiger partial charge on any atom is 0.328 e. The molecule has 0 aromatic carbocycles. The molecule has 0 aliphatic heterocycles. The van der Waals surface area contributed by atoms with E-state index in [0.717, 1.165) is 48.4 Å². The summed E-state index contributed by atoms with van der Waals surface area (Å²) in [5.41, 5.74) is 0.853. The monoisotopic (exact) mass is 453 g/mol. The predicted octanol–water partition coefficient (Wildman–Crippen LogP) is 1.27. The highest BCUT2D eigenvalue weighted by atomic mass is 32.2. The van der Waals surface area contributed by atoms with E-state index in [0.29, 0.717) is 18.2 Å². The number of rotatable bonds is 6. The van der Waals surface area contributed by atoms with Crippen molar-refractivity contribution in [2.24, 2.45) is 0 Å². The van der Waals surface area contributed by atoms with Crippen molar-refractivity contribution in [3.05, 3.63) is 30.2 Å². The number of anilines is 1. The molecular formula is C19H27N5O6S. The number of hydrogen-bond donors (Lipinski definition) is 4. The van der Waals surface area contributed by atoms with E-state index in [9.17, 15) is 18.0 Å². The highest BCUT2D eigenvalue weighted by Gasteiger charge is 2.27. The van der Waals surface area contributed by atoms with Crippen molar-refractivity contribution >= 4 is 38.8 Å². The van der Waals surface area contributed by atoms with E-state index in [1.807, 2.05) is 19.2 Å². The van der Waals surface area contributed by atoms with Crippen LogP contribution in [-0.4, -0.2) is 70.9 Å². The standard InChI is InChI=1S/C15H23N5O2S.C4H4O4/c1-10-17-14-13(8-9-16-14)15(18-10)20(2)12-6-4-11(5-7-12)19-23(3,21)22;5-3(6)1-2-4(7)8/h8-9,11-12,19H,4-7H2,1-3H3,(H,16,17,18);1-2H,(H,5,6)(H,7,8)/b;2-1-/t11-,12-;. The summed E-state index contributed by atoms with van der Waals surface area (Å²) < 4.78 is 25.4. The Balaban J connectivity index is 0.000000366. The summed E-state index contributed by atoms with van der Waals surface area (Å²) in [4.78, 5) is 33.5. The van der Waals surface area contributed by atoms with E-state index in [1.165, 1.54) is 6.26 Å². The Morgan fingerprint density at radius 2 is 1.74 bits per heavy atom. The molecule has 0 bridgehead atoms. The van der Waals surface area contributed by atoms with Gasteiger partial charge in [-0.05, 0) is 38.7 Å². The minimum atomic E-state index is -3.13. The van der Waals surface area contributed by atoms with Gasteiger partial charge in [0.25, 0.3) is 0 Å². The molecule has 170 valence electrons. The van der Waals surface area contributed by atoms with E-state index >= 15 is 0 Å². The fourth-order valence-electron chi connectivity index (χ4n) is 3.50. The minimum Gasteiger partial charge on any atom is -0.478 e. The lowest BCUT2D eigenvalue weighted by Crippen LogP contribution is -2.42. The molecule has 4 N–H and O–H groups in total. The van der Waals surface area contributed by atoms with Crippen molar-refractivity contribution in [1.82, 2.24) is 19.7 Å². The fraction of sp³-hybridized carbons (Fsp3) is 0.474. The highest BCUT2D eigenvalue weighted by Crippen LogP contribution is 2.29. The number of hydrogen-bond acceptors (Lipinski definition) is 7. The van der Waals surface area contributed by atoms with Crippen LogP contribution >= 0.6 is 0 Å². The molecule has 0 saturated heterocycles. The Labute approximate surface area is 180 Å². The number of aromatic nitrogens is 3. The van der Waals surface area contributed by atoms with E-state index < -0.39 is 22.0 Å². The molecule has 1 aliphatic carbocycles. The van der Waals surface area contributed by atoms with Gasteiger partial charge < -0.3 is 20.1 Å². The van der Waals surface area contributed by atoms with Gasteiger partial charge in [-0.25, -0.2) is 32.7 Å². The van der Waals surface area contributed by atoms with Crippen molar-refractivity contribution < 1.29 is 28.2 Å². The first-order valence-corrected chi connectivity index (χ1v) is 11.5. The van der Waals surface area contributed by atoms with Gasteiger partial charge in [-0.15, -0.1) is 0 Å². The van der Waals surface area contributed by atoms with Gasteiger partial charge in [-0.1, -0.05) is 0 Å². The number of sulfonamides is 1. The molecule has 2 aromatic heterocycles. The predicted molar refractivity (Wildman–Crippen MR) is 115 cm³/mol. The number of aryl methyl sites for hydroxylation is 1. The van der Waals surface area contributed by atoms with Crippen LogP contribution in [0, 0.1) is 6.92 Å². The van der Waals surface area contributed by atoms with Crippen LogP contribution in [0.4, 0.5) is 5.82 Å². The van der Waals surface area contributed by atoms with Gasteiger partial charge in [0.15, 0.2) is 0 Å². The number of aromatic amines is 1. The molecule has 2 heterocycles. The fourth-order valence-corrected chi connectivity index (χ4v) is 4.34. The molecule has 31 heavy (non-hydrogen) atoms. The third kappa shape index (κ3) is 7.64. The van der Waals surface area contributed by atoms with Crippen LogP contribution in [0.5, 0.6) is 0 Å². The normalized spacial score (nSPS) is 19.1. The Hall–Kier alpha value is -2.99. The number of carboxylic acid groups (broad SMARTS) is 2. The van der Waals surface area contributed by atoms with E-state index in [4.69, 9.17) is 10.2 Å². The average molecular weight is 454 g/mol. The zero-order chi connectivity index (χ0) is 23.2. The summed E-state index contributed by atoms with van der Waals surface area (Å²) in [6.07, 6.45) is 7.80. The number of nitrogens with zero attached hydrogens (tertiary/aromatic N) is 3. The third-order valence-corrected chi connectivity index (χ3v) is 5.60. The lowest BCUT2D eigenvalue weighted by Gasteiger charge is -2.35. The summed E-state index contributed by atoms with van der Waals surface area (Å²) in [5.74, 6) is -0.831. The quantitative estimate of drug-likeness (QED) is 0.471. The summed E-state index contributed by atoms with van der Waals surface area (Å²) in [7, 11) is -1.07. The van der Waals surface area contributed by atoms with E-state index in [-0.39, 0.29) is 6.04 Å². The lowest BCUT2D eigenvalue weighted by atomic mass is 9.91. The molecule has 0 unspecified atom stereocenters. The molecule has 0 amide bonds. The number of nitrogens with one attached hydrogen (secondary N) is 2. The number of fused-ring (bicyclic) bond motifs is 1. The van der Waals surface area contributed by atoms with Crippen LogP contribution < -0.4 is 9.62 Å². The zero-order valence-corrected chi connectivity index (χ0v) is 18.4. The van der Waals surface area contributed by atoms with Crippen molar-refractivity contribution in [2.75, 3.05) is 18.2 Å². The summed E-state index contributed by atoms with van der Waals surface area (Å²) in [6.45, 7) is 1.89. The van der Waals surface area contributed by atoms with Gasteiger partial charge in [0.05, 0.1) is 11.6 Å². The SMILES string of the molecule is Cc1nc(N(C)[C@H]2CC[C@H](NS(C)(=O)=O)CC2)c2cc[nH]c2n1.O=C(O)/C=C\C(=O)O. The van der Waals surface area contributed by atoms with Crippen LogP contribution in [0.15, 0.2) is 24.4 Å². The number of carboxylic acids is 2. The van der Waals surface area contributed by atoms with Gasteiger partial charge in [-0.2, -0.15) is 0 Å². The van der Waals surface area contributed by atoms with Crippen LogP contribution in [0.2, 0.25) is 0 Å². The van der Waals surface area contributed by atoms with Gasteiger partial charge in [0.1, 0.15) is 17.3 Å². The second kappa shape index (κ2) is 10.4. The summed E-state index contributed by atoms with van der Waals surface area (Å²) >= 11 is 0. The average Bonchev–Trinajstić information content (AvgIpc) is 3.13. The largest absolute Gasteiger partial charge is 0.478 e. The zero-order valence-electron chi connectivity index (χ0n) is 17.6. The van der Waals surface area contributed by atoms with Crippen LogP contribution in [-0.2, 0) is 19.6 Å². The van der Waals surface area contributed by atoms with Crippen LogP contribution in [0.3, 0.4) is 0 Å². The number of H-pyrrole nitrogens is 1. The van der Waals surface area contributed by atoms with E-state index in [2.05, 4.69) is 31.6 Å². The van der Waals surface area contributed by atoms with Gasteiger partial charge in [0, 0.05) is 37.5 Å². The molecule has 1 saturated carbocycles. The Morgan fingerprint density at radius 3 is 2.26 bits per heavy atom. The first-order valence-electron chi connectivity index (χ1n) is 9.62. The Morgan fingerprint density at radius 1 is 1.16 bits per heavy atom. The highest BCUT2D eigenvalue weighted by molar-refractivity contribution is 7.88. The van der Waals surface area contributed by atoms with Crippen molar-refractivity contribution in [2.45, 2.75) is 44.7 Å². The topological polar surface area (TPSA) is 166 Å². The van der Waals surface area contributed by atoms with Crippen LogP contribution in [0.25, 0.3) is 11.0 Å². The molecule has 11 nitrogen and oxygen atoms in total. The molecule has 12 heteroatoms. The molecule has 1 fully saturated rings. The maximum atomic E-state index is 11.3. The van der Waals surface area contributed by atoms with E-state index in [1.54, 1.807) is 0 Å². The summed E-state index contributed by atoms with van der Waals surface area (Å²) in [5, 5.41) is 16.6. The molecule has 2 aromatic rings. The van der Waals surface area contributed by atoms with Gasteiger partial charge in [-0.3, -0.25) is 0 Å². The molecule has 3 rings (SSSR count). The van der Waals surface area contributed by atoms with Crippen molar-refractivity contribution in [3.8, 4) is 0 Å². The Bertz CT molecular complexity index is 1040. The number of aliphatic carboxylic acids is 2. The van der Waals surface area contributed by atoms with Gasteiger partial charge >= 0.3 is 11.9 Å². The molecular weight excluding hydrogens is 426 g/mol. The smallest absolute Gasteiger partial charge is 0.328 e. The molecule has 0 radical (unpaired) electrons. The molecule has 0 atom stereocenters. The van der Waals surface area contributed by atoms with Crippen LogP contribution in [0.1, 0.15) is 31.5 Å². The second-order valence-electron chi connectivity index (χ2n) is 7.35. The van der Waals surface area contributed by atoms with Crippen molar-refractivity contribution in [3.63, 3.8) is 0 Å². The first kappa shape index (κ1) is 24.3. The summed E-state index contributed by atoms with van der Waals surface area (Å²) in [6, 6.07) is 2.41. The number of carbonyl (C=O) groups is 2. The first-order chi connectivity index (χ1) is 14.5. The minimum absolute atomic E-state index is 0.0501. The third-order valence-electron chi connectivity index (χ3n) is 4.84. The van der Waals surface area contributed by atoms with Gasteiger partial charge in [0.2, 0.25) is 10.0 Å².